The van der Waals surface area contributed by atoms with E-state index in [1.54, 1.807) is 0 Å². The third kappa shape index (κ3) is 3.37. The molecule has 3 rings (SSSR count). The van der Waals surface area contributed by atoms with Gasteiger partial charge in [-0.3, -0.25) is 4.40 Å². The van der Waals surface area contributed by atoms with Crippen molar-refractivity contribution in [2.75, 3.05) is 0 Å². The first-order valence-electron chi connectivity index (χ1n) is 7.10. The van der Waals surface area contributed by atoms with E-state index in [2.05, 4.69) is 9.97 Å². The van der Waals surface area contributed by atoms with Crippen molar-refractivity contribution in [2.45, 2.75) is 20.0 Å². The van der Waals surface area contributed by atoms with Crippen LogP contribution in [-0.4, -0.2) is 25.4 Å². The van der Waals surface area contributed by atoms with E-state index >= 15 is 0 Å². The number of nitrogens with zero attached hydrogens (tertiary/aromatic N) is 3. The van der Waals surface area contributed by atoms with Gasteiger partial charge in [0.1, 0.15) is 0 Å². The second kappa shape index (κ2) is 6.69. The lowest BCUT2D eigenvalue weighted by molar-refractivity contribution is -0.137. The van der Waals surface area contributed by atoms with E-state index in [9.17, 15) is 18.0 Å². The van der Waals surface area contributed by atoms with E-state index < -0.39 is 17.7 Å². The molecular formula is C16H14F3N3O2. The smallest absolute Gasteiger partial charge is 0.416 e. The van der Waals surface area contributed by atoms with Gasteiger partial charge in [0.25, 0.3) is 0 Å². The number of carboxylic acids is 1. The van der Waals surface area contributed by atoms with Crippen LogP contribution in [0.1, 0.15) is 29.9 Å². The molecule has 2 aromatic heterocycles. The van der Waals surface area contributed by atoms with Crippen LogP contribution in [0.5, 0.6) is 0 Å². The SMILES string of the molecule is CC.O=C(O)c1cn2c(-c3ccc(C(F)(F)F)cc3)cnc2cn1. The highest BCUT2D eigenvalue weighted by Gasteiger charge is 2.30. The number of carbonyl (C=O) groups is 1. The summed E-state index contributed by atoms with van der Waals surface area (Å²) >= 11 is 0. The topological polar surface area (TPSA) is 67.5 Å². The van der Waals surface area contributed by atoms with Crippen LogP contribution in [0.4, 0.5) is 13.2 Å². The van der Waals surface area contributed by atoms with Crippen LogP contribution in [0, 0.1) is 0 Å². The van der Waals surface area contributed by atoms with Crippen molar-refractivity contribution in [3.8, 4) is 11.3 Å². The Hall–Kier alpha value is -2.90. The molecule has 0 unspecified atom stereocenters. The zero-order valence-corrected chi connectivity index (χ0v) is 12.9. The summed E-state index contributed by atoms with van der Waals surface area (Å²) in [6.07, 6.45) is -0.391. The first-order chi connectivity index (χ1) is 11.4. The lowest BCUT2D eigenvalue weighted by Gasteiger charge is -2.07. The molecule has 3 aromatic rings. The average Bonchev–Trinajstić information content (AvgIpc) is 2.99. The van der Waals surface area contributed by atoms with Crippen molar-refractivity contribution in [2.24, 2.45) is 0 Å². The molecule has 24 heavy (non-hydrogen) atoms. The summed E-state index contributed by atoms with van der Waals surface area (Å²) < 4.78 is 39.2. The van der Waals surface area contributed by atoms with Crippen molar-refractivity contribution in [3.63, 3.8) is 0 Å². The first-order valence-corrected chi connectivity index (χ1v) is 7.10. The summed E-state index contributed by atoms with van der Waals surface area (Å²) in [5.41, 5.74) is 0.438. The molecule has 0 spiro atoms. The Morgan fingerprint density at radius 2 is 1.71 bits per heavy atom. The van der Waals surface area contributed by atoms with Crippen LogP contribution in [0.2, 0.25) is 0 Å². The predicted molar refractivity (Wildman–Crippen MR) is 81.7 cm³/mol. The van der Waals surface area contributed by atoms with Crippen molar-refractivity contribution in [1.82, 2.24) is 14.4 Å². The van der Waals surface area contributed by atoms with Gasteiger partial charge in [-0.2, -0.15) is 13.2 Å². The number of hydrogen-bond donors (Lipinski definition) is 1. The second-order valence-corrected chi connectivity index (χ2v) is 4.52. The van der Waals surface area contributed by atoms with E-state index in [1.165, 1.54) is 35.1 Å². The maximum absolute atomic E-state index is 12.6. The van der Waals surface area contributed by atoms with Gasteiger partial charge in [-0.25, -0.2) is 14.8 Å². The number of benzene rings is 1. The van der Waals surface area contributed by atoms with Crippen LogP contribution in [0.3, 0.4) is 0 Å². The van der Waals surface area contributed by atoms with E-state index in [0.717, 1.165) is 12.1 Å². The number of aromatic nitrogens is 3. The minimum Gasteiger partial charge on any atom is -0.476 e. The molecule has 0 aliphatic rings. The quantitative estimate of drug-likeness (QED) is 0.763. The minimum atomic E-state index is -4.40. The molecule has 0 saturated carbocycles. The molecule has 1 N–H and O–H groups in total. The fourth-order valence-corrected chi connectivity index (χ4v) is 2.04. The Balaban J connectivity index is 0.00000100. The molecule has 0 bridgehead atoms. The second-order valence-electron chi connectivity index (χ2n) is 4.52. The molecule has 0 radical (unpaired) electrons. The third-order valence-electron chi connectivity index (χ3n) is 3.12. The van der Waals surface area contributed by atoms with Crippen molar-refractivity contribution >= 4 is 11.6 Å². The largest absolute Gasteiger partial charge is 0.476 e. The minimum absolute atomic E-state index is 0.182. The number of halogens is 3. The van der Waals surface area contributed by atoms with Crippen LogP contribution in [0.15, 0.2) is 42.9 Å². The summed E-state index contributed by atoms with van der Waals surface area (Å²) in [6.45, 7) is 4.00. The molecule has 0 fully saturated rings. The van der Waals surface area contributed by atoms with E-state index in [0.29, 0.717) is 16.9 Å². The molecule has 0 aliphatic heterocycles. The van der Waals surface area contributed by atoms with Crippen molar-refractivity contribution < 1.29 is 23.1 Å². The Labute approximate surface area is 135 Å². The van der Waals surface area contributed by atoms with E-state index in [4.69, 9.17) is 5.11 Å². The molecule has 0 amide bonds. The van der Waals surface area contributed by atoms with Gasteiger partial charge in [0.15, 0.2) is 11.3 Å². The monoisotopic (exact) mass is 337 g/mol. The van der Waals surface area contributed by atoms with Gasteiger partial charge in [0, 0.05) is 11.8 Å². The molecule has 126 valence electrons. The molecule has 2 heterocycles. The van der Waals surface area contributed by atoms with Gasteiger partial charge in [0.2, 0.25) is 0 Å². The maximum atomic E-state index is 12.6. The first kappa shape index (κ1) is 17.5. The van der Waals surface area contributed by atoms with Gasteiger partial charge in [0.05, 0.1) is 23.7 Å². The Bertz CT molecular complexity index is 855. The van der Waals surface area contributed by atoms with Crippen LogP contribution in [0.25, 0.3) is 16.9 Å². The van der Waals surface area contributed by atoms with Crippen molar-refractivity contribution in [3.05, 3.63) is 54.1 Å². The lowest BCUT2D eigenvalue weighted by atomic mass is 10.1. The number of aromatic carboxylic acids is 1. The zero-order valence-electron chi connectivity index (χ0n) is 12.9. The zero-order chi connectivity index (χ0) is 17.9. The summed E-state index contributed by atoms with van der Waals surface area (Å²) in [4.78, 5) is 18.7. The van der Waals surface area contributed by atoms with Crippen LogP contribution < -0.4 is 0 Å². The molecule has 0 atom stereocenters. The van der Waals surface area contributed by atoms with Gasteiger partial charge >= 0.3 is 12.1 Å². The highest BCUT2D eigenvalue weighted by atomic mass is 19.4. The summed E-state index contributed by atoms with van der Waals surface area (Å²) in [5, 5.41) is 8.95. The van der Waals surface area contributed by atoms with Crippen molar-refractivity contribution in [1.29, 1.82) is 0 Å². The number of hydrogen-bond acceptors (Lipinski definition) is 3. The number of fused-ring (bicyclic) bond motifs is 1. The Kier molecular flexibility index (Phi) is 4.87. The lowest BCUT2D eigenvalue weighted by Crippen LogP contribution is -2.04. The Morgan fingerprint density at radius 1 is 1.08 bits per heavy atom. The highest BCUT2D eigenvalue weighted by molar-refractivity contribution is 5.85. The summed E-state index contributed by atoms with van der Waals surface area (Å²) in [7, 11) is 0. The number of imidazole rings is 1. The molecule has 0 saturated heterocycles. The molecule has 5 nitrogen and oxygen atoms in total. The number of carboxylic acid groups (broad SMARTS) is 1. The highest BCUT2D eigenvalue weighted by Crippen LogP contribution is 2.31. The summed E-state index contributed by atoms with van der Waals surface area (Å²) in [6, 6.07) is 4.56. The van der Waals surface area contributed by atoms with Gasteiger partial charge in [-0.1, -0.05) is 26.0 Å². The van der Waals surface area contributed by atoms with Gasteiger partial charge in [-0.05, 0) is 12.1 Å². The van der Waals surface area contributed by atoms with Gasteiger partial charge in [-0.15, -0.1) is 0 Å². The molecule has 0 aliphatic carbocycles. The number of rotatable bonds is 2. The third-order valence-corrected chi connectivity index (χ3v) is 3.12. The molecular weight excluding hydrogens is 323 g/mol. The molecule has 1 aromatic carbocycles. The standard InChI is InChI=1S/C14H8F3N3O2.C2H6/c15-14(16,17)9-3-1-8(2-4-9)11-5-19-12-6-18-10(13(21)22)7-20(11)12;1-2/h1-7H,(H,21,22);1-2H3. The predicted octanol–water partition coefficient (Wildman–Crippen LogP) is 4.14. The van der Waals surface area contributed by atoms with E-state index in [1.807, 2.05) is 13.8 Å². The molecule has 8 heteroatoms. The van der Waals surface area contributed by atoms with E-state index in [-0.39, 0.29) is 5.69 Å². The average molecular weight is 337 g/mol. The normalized spacial score (nSPS) is 11.0. The van der Waals surface area contributed by atoms with Crippen LogP contribution in [-0.2, 0) is 6.18 Å². The fraction of sp³-hybridized carbons (Fsp3) is 0.188. The Morgan fingerprint density at radius 3 is 2.25 bits per heavy atom. The van der Waals surface area contributed by atoms with Crippen LogP contribution >= 0.6 is 0 Å². The summed E-state index contributed by atoms with van der Waals surface area (Å²) in [5.74, 6) is -1.20. The number of alkyl halides is 3. The maximum Gasteiger partial charge on any atom is 0.416 e. The van der Waals surface area contributed by atoms with Gasteiger partial charge < -0.3 is 5.11 Å². The fourth-order valence-electron chi connectivity index (χ4n) is 2.04.